The number of nitrogens with zero attached hydrogens (tertiary/aromatic N) is 3. The highest BCUT2D eigenvalue weighted by Gasteiger charge is 2.28. The first-order chi connectivity index (χ1) is 11.6. The molecule has 0 atom stereocenters. The smallest absolute Gasteiger partial charge is 0.410 e. The molecule has 7 nitrogen and oxygen atoms in total. The van der Waals surface area contributed by atoms with Gasteiger partial charge >= 0.3 is 6.09 Å². The Hall–Kier alpha value is -2.15. The Bertz CT molecular complexity index is 626. The van der Waals surface area contributed by atoms with Crippen molar-refractivity contribution in [2.75, 3.05) is 26.2 Å². The summed E-state index contributed by atoms with van der Waals surface area (Å²) in [6, 6.07) is 0.190. The Labute approximate surface area is 141 Å². The molecule has 0 aromatic carbocycles. The molecule has 3 heterocycles. The van der Waals surface area contributed by atoms with Crippen LogP contribution in [0.3, 0.4) is 0 Å². The van der Waals surface area contributed by atoms with Gasteiger partial charge in [0.25, 0.3) is 5.91 Å². The first-order valence-electron chi connectivity index (χ1n) is 8.52. The molecule has 3 rings (SSSR count). The fourth-order valence-electron chi connectivity index (χ4n) is 3.32. The van der Waals surface area contributed by atoms with Crippen LogP contribution in [-0.4, -0.2) is 59.1 Å². The molecule has 2 aliphatic heterocycles. The summed E-state index contributed by atoms with van der Waals surface area (Å²) in [6.07, 6.45) is 5.39. The summed E-state index contributed by atoms with van der Waals surface area (Å²) in [4.78, 5) is 32.5. The van der Waals surface area contributed by atoms with Crippen LogP contribution in [0.5, 0.6) is 0 Å². The molecule has 1 saturated heterocycles. The van der Waals surface area contributed by atoms with Crippen LogP contribution in [0.1, 0.15) is 41.3 Å². The lowest BCUT2D eigenvalue weighted by atomic mass is 9.96. The third-order valence-electron chi connectivity index (χ3n) is 4.72. The summed E-state index contributed by atoms with van der Waals surface area (Å²) < 4.78 is 5.06. The minimum atomic E-state index is -0.315. The summed E-state index contributed by atoms with van der Waals surface area (Å²) in [5, 5.41) is 0. The monoisotopic (exact) mass is 332 g/mol. The number of carbonyl (C=O) groups is 2. The van der Waals surface area contributed by atoms with E-state index in [0.29, 0.717) is 44.8 Å². The van der Waals surface area contributed by atoms with Gasteiger partial charge in [-0.1, -0.05) is 0 Å². The molecule has 0 spiro atoms. The lowest BCUT2D eigenvalue weighted by Gasteiger charge is -2.32. The summed E-state index contributed by atoms with van der Waals surface area (Å²) in [7, 11) is 0. The Balaban J connectivity index is 1.77. The zero-order chi connectivity index (χ0) is 17.1. The molecule has 24 heavy (non-hydrogen) atoms. The second-order valence-electron chi connectivity index (χ2n) is 6.32. The van der Waals surface area contributed by atoms with E-state index in [0.717, 1.165) is 24.0 Å². The van der Waals surface area contributed by atoms with Crippen molar-refractivity contribution in [2.45, 2.75) is 38.8 Å². The van der Waals surface area contributed by atoms with Crippen LogP contribution in [0.2, 0.25) is 0 Å². The van der Waals surface area contributed by atoms with Crippen LogP contribution in [0.15, 0.2) is 12.4 Å². The molecule has 0 radical (unpaired) electrons. The third kappa shape index (κ3) is 3.36. The molecule has 1 aromatic heterocycles. The molecule has 1 aromatic rings. The Morgan fingerprint density at radius 1 is 1.25 bits per heavy atom. The second-order valence-corrected chi connectivity index (χ2v) is 6.32. The van der Waals surface area contributed by atoms with Gasteiger partial charge in [0.15, 0.2) is 0 Å². The predicted octanol–water partition coefficient (Wildman–Crippen LogP) is 1.16. The number of carbonyl (C=O) groups excluding carboxylic acids is 2. The van der Waals surface area contributed by atoms with Crippen molar-refractivity contribution in [3.8, 4) is 0 Å². The molecule has 2 aliphatic rings. The van der Waals surface area contributed by atoms with Gasteiger partial charge in [-0.25, -0.2) is 4.79 Å². The quantitative estimate of drug-likeness (QED) is 0.878. The first kappa shape index (κ1) is 16.7. The van der Waals surface area contributed by atoms with E-state index in [1.54, 1.807) is 24.2 Å². The molecule has 0 unspecified atom stereocenters. The van der Waals surface area contributed by atoms with Gasteiger partial charge < -0.3 is 20.3 Å². The Kier molecular flexibility index (Phi) is 4.99. The summed E-state index contributed by atoms with van der Waals surface area (Å²) >= 11 is 0. The Morgan fingerprint density at radius 2 is 2.00 bits per heavy atom. The molecular weight excluding hydrogens is 308 g/mol. The van der Waals surface area contributed by atoms with Gasteiger partial charge in [-0.15, -0.1) is 0 Å². The van der Waals surface area contributed by atoms with Gasteiger partial charge in [-0.05, 0) is 37.3 Å². The van der Waals surface area contributed by atoms with Crippen molar-refractivity contribution in [1.29, 1.82) is 0 Å². The van der Waals surface area contributed by atoms with E-state index in [4.69, 9.17) is 10.5 Å². The number of rotatable bonds is 2. The molecule has 2 N–H and O–H groups in total. The van der Waals surface area contributed by atoms with E-state index in [1.165, 1.54) is 0 Å². The molecule has 0 aliphatic carbocycles. The van der Waals surface area contributed by atoms with Crippen molar-refractivity contribution >= 4 is 12.0 Å². The average molecular weight is 332 g/mol. The molecule has 7 heteroatoms. The van der Waals surface area contributed by atoms with E-state index < -0.39 is 0 Å². The highest BCUT2D eigenvalue weighted by Crippen LogP contribution is 2.24. The molecule has 0 bridgehead atoms. The minimum Gasteiger partial charge on any atom is -0.450 e. The van der Waals surface area contributed by atoms with E-state index in [-0.39, 0.29) is 18.0 Å². The largest absolute Gasteiger partial charge is 0.450 e. The average Bonchev–Trinajstić information content (AvgIpc) is 2.61. The maximum atomic E-state index is 12.8. The number of hydrogen-bond acceptors (Lipinski definition) is 5. The minimum absolute atomic E-state index is 0.0239. The molecule has 1 fully saturated rings. The number of aromatic nitrogens is 1. The summed E-state index contributed by atoms with van der Waals surface area (Å²) in [6.45, 7) is 4.53. The summed E-state index contributed by atoms with van der Waals surface area (Å²) in [5.41, 5.74) is 8.50. The second kappa shape index (κ2) is 7.17. The summed E-state index contributed by atoms with van der Waals surface area (Å²) in [5.74, 6) is 0.0239. The van der Waals surface area contributed by atoms with Crippen molar-refractivity contribution in [2.24, 2.45) is 5.73 Å². The highest BCUT2D eigenvalue weighted by atomic mass is 16.6. The highest BCUT2D eigenvalue weighted by molar-refractivity contribution is 5.96. The van der Waals surface area contributed by atoms with Crippen LogP contribution in [0, 0.1) is 0 Å². The van der Waals surface area contributed by atoms with E-state index in [1.807, 2.05) is 4.90 Å². The van der Waals surface area contributed by atoms with Gasteiger partial charge in [-0.2, -0.15) is 0 Å². The van der Waals surface area contributed by atoms with Crippen molar-refractivity contribution in [1.82, 2.24) is 14.8 Å². The molecule has 2 amide bonds. The van der Waals surface area contributed by atoms with Gasteiger partial charge in [0.05, 0.1) is 18.7 Å². The lowest BCUT2D eigenvalue weighted by molar-refractivity contribution is 0.0712. The number of likely N-dealkylation sites (tertiary alicyclic amines) is 1. The van der Waals surface area contributed by atoms with Crippen LogP contribution in [0.4, 0.5) is 4.79 Å². The lowest BCUT2D eigenvalue weighted by Crippen LogP contribution is -2.43. The van der Waals surface area contributed by atoms with E-state index >= 15 is 0 Å². The number of piperidine rings is 1. The number of amides is 2. The standard InChI is InChI=1S/C17H24N4O3/c1-2-24-17(23)21-8-5-14-12(11-21)9-19-10-15(14)16(22)20-6-3-13(18)4-7-20/h9-10,13H,2-8,11,18H2,1H3. The Morgan fingerprint density at radius 3 is 2.71 bits per heavy atom. The zero-order valence-electron chi connectivity index (χ0n) is 14.0. The SMILES string of the molecule is CCOC(=O)N1CCc2c(cncc2C(=O)N2CCC(N)CC2)C1. The fourth-order valence-corrected chi connectivity index (χ4v) is 3.32. The first-order valence-corrected chi connectivity index (χ1v) is 8.52. The number of nitrogens with two attached hydrogens (primary N) is 1. The van der Waals surface area contributed by atoms with Gasteiger partial charge in [0.2, 0.25) is 0 Å². The van der Waals surface area contributed by atoms with Crippen molar-refractivity contribution < 1.29 is 14.3 Å². The van der Waals surface area contributed by atoms with Crippen LogP contribution in [-0.2, 0) is 17.7 Å². The topological polar surface area (TPSA) is 88.8 Å². The zero-order valence-corrected chi connectivity index (χ0v) is 14.0. The van der Waals surface area contributed by atoms with Gasteiger partial charge in [-0.3, -0.25) is 9.78 Å². The van der Waals surface area contributed by atoms with Crippen LogP contribution >= 0.6 is 0 Å². The van der Waals surface area contributed by atoms with Crippen LogP contribution in [0.25, 0.3) is 0 Å². The number of ether oxygens (including phenoxy) is 1. The number of hydrogen-bond donors (Lipinski definition) is 1. The van der Waals surface area contributed by atoms with Gasteiger partial charge in [0, 0.05) is 38.1 Å². The number of fused-ring (bicyclic) bond motifs is 1. The van der Waals surface area contributed by atoms with Gasteiger partial charge in [0.1, 0.15) is 0 Å². The third-order valence-corrected chi connectivity index (χ3v) is 4.72. The molecular formula is C17H24N4O3. The molecule has 0 saturated carbocycles. The van der Waals surface area contributed by atoms with Crippen molar-refractivity contribution in [3.05, 3.63) is 29.1 Å². The van der Waals surface area contributed by atoms with Crippen LogP contribution < -0.4 is 5.73 Å². The van der Waals surface area contributed by atoms with E-state index in [9.17, 15) is 9.59 Å². The van der Waals surface area contributed by atoms with E-state index in [2.05, 4.69) is 4.98 Å². The molecule has 130 valence electrons. The predicted molar refractivity (Wildman–Crippen MR) is 88.5 cm³/mol. The fraction of sp³-hybridized carbons (Fsp3) is 0.588. The number of pyridine rings is 1. The van der Waals surface area contributed by atoms with Crippen molar-refractivity contribution in [3.63, 3.8) is 0 Å². The normalized spacial score (nSPS) is 18.2. The maximum Gasteiger partial charge on any atom is 0.410 e. The maximum absolute atomic E-state index is 12.8.